The van der Waals surface area contributed by atoms with Crippen LogP contribution in [0.1, 0.15) is 42.3 Å². The van der Waals surface area contributed by atoms with Gasteiger partial charge >= 0.3 is 0 Å². The Balaban J connectivity index is 1.42. The van der Waals surface area contributed by atoms with Gasteiger partial charge < -0.3 is 9.72 Å². The van der Waals surface area contributed by atoms with Crippen molar-refractivity contribution in [2.75, 3.05) is 20.7 Å². The van der Waals surface area contributed by atoms with Crippen LogP contribution in [0.2, 0.25) is 0 Å². The Morgan fingerprint density at radius 2 is 2.23 bits per heavy atom. The number of likely N-dealkylation sites (tertiary alicyclic amines) is 1. The van der Waals surface area contributed by atoms with E-state index in [0.29, 0.717) is 30.2 Å². The molecule has 1 saturated heterocycles. The van der Waals surface area contributed by atoms with E-state index < -0.39 is 0 Å². The van der Waals surface area contributed by atoms with Crippen LogP contribution in [-0.2, 0) is 11.2 Å². The first-order valence-corrected chi connectivity index (χ1v) is 10.2. The molecule has 0 bridgehead atoms. The van der Waals surface area contributed by atoms with Crippen LogP contribution >= 0.6 is 0 Å². The minimum absolute atomic E-state index is 0.136. The molecule has 7 heteroatoms. The monoisotopic (exact) mass is 403 g/mol. The molecule has 154 valence electrons. The maximum absolute atomic E-state index is 12.6. The van der Waals surface area contributed by atoms with Gasteiger partial charge in [0.15, 0.2) is 0 Å². The number of imidazole rings is 1. The fraction of sp³-hybridized carbons (Fsp3) is 0.391. The molecule has 2 atom stereocenters. The maximum Gasteiger partial charge on any atom is 0.212 e. The SMILES string of the molecule is COc1ccc(CC(=O)C[C@@H]2CCN(C)[C@@H](c3nc4ccc(C#N)cc4[nH]3)C2)cn1. The van der Waals surface area contributed by atoms with Gasteiger partial charge in [0.05, 0.1) is 35.8 Å². The number of ether oxygens (including phenoxy) is 1. The summed E-state index contributed by atoms with van der Waals surface area (Å²) >= 11 is 0. The van der Waals surface area contributed by atoms with Crippen molar-refractivity contribution < 1.29 is 9.53 Å². The van der Waals surface area contributed by atoms with Crippen LogP contribution in [0.15, 0.2) is 36.5 Å². The van der Waals surface area contributed by atoms with Gasteiger partial charge in [0, 0.05) is 25.1 Å². The summed E-state index contributed by atoms with van der Waals surface area (Å²) in [6, 6.07) is 11.5. The molecule has 7 nitrogen and oxygen atoms in total. The van der Waals surface area contributed by atoms with Crippen LogP contribution in [-0.4, -0.2) is 46.3 Å². The largest absolute Gasteiger partial charge is 0.481 e. The molecule has 30 heavy (non-hydrogen) atoms. The van der Waals surface area contributed by atoms with E-state index in [1.807, 2.05) is 18.2 Å². The number of carbonyl (C=O) groups excluding carboxylic acids is 1. The fourth-order valence-corrected chi connectivity index (χ4v) is 4.18. The number of aromatic nitrogens is 3. The number of rotatable bonds is 6. The Kier molecular flexibility index (Phi) is 5.77. The second-order valence-corrected chi connectivity index (χ2v) is 7.98. The molecule has 1 fully saturated rings. The van der Waals surface area contributed by atoms with E-state index in [1.165, 1.54) is 0 Å². The van der Waals surface area contributed by atoms with Crippen LogP contribution in [0.3, 0.4) is 0 Å². The van der Waals surface area contributed by atoms with Crippen LogP contribution in [0.4, 0.5) is 0 Å². The van der Waals surface area contributed by atoms with Gasteiger partial charge in [0.2, 0.25) is 5.88 Å². The predicted molar refractivity (Wildman–Crippen MR) is 113 cm³/mol. The average molecular weight is 403 g/mol. The van der Waals surface area contributed by atoms with Crippen LogP contribution < -0.4 is 4.74 Å². The molecule has 0 spiro atoms. The summed E-state index contributed by atoms with van der Waals surface area (Å²) in [7, 11) is 3.67. The highest BCUT2D eigenvalue weighted by Gasteiger charge is 2.30. The summed E-state index contributed by atoms with van der Waals surface area (Å²) in [6.45, 7) is 0.924. The maximum atomic E-state index is 12.6. The van der Waals surface area contributed by atoms with Crippen LogP contribution in [0.25, 0.3) is 11.0 Å². The fourth-order valence-electron chi connectivity index (χ4n) is 4.18. The minimum atomic E-state index is 0.136. The Labute approximate surface area is 175 Å². The van der Waals surface area contributed by atoms with E-state index in [1.54, 1.807) is 25.4 Å². The Bertz CT molecular complexity index is 1080. The molecule has 3 aromatic rings. The lowest BCUT2D eigenvalue weighted by Crippen LogP contribution is -2.35. The van der Waals surface area contributed by atoms with Gasteiger partial charge in [0.25, 0.3) is 0 Å². The first-order chi connectivity index (χ1) is 14.6. The third-order valence-electron chi connectivity index (χ3n) is 5.85. The smallest absolute Gasteiger partial charge is 0.212 e. The van der Waals surface area contributed by atoms with Crippen molar-refractivity contribution in [2.45, 2.75) is 31.7 Å². The molecule has 0 saturated carbocycles. The van der Waals surface area contributed by atoms with Gasteiger partial charge in [-0.25, -0.2) is 9.97 Å². The molecular weight excluding hydrogens is 378 g/mol. The molecule has 3 heterocycles. The molecule has 0 aliphatic carbocycles. The van der Waals surface area contributed by atoms with Gasteiger partial charge in [-0.1, -0.05) is 6.07 Å². The summed E-state index contributed by atoms with van der Waals surface area (Å²) in [5, 5.41) is 9.11. The molecule has 2 aromatic heterocycles. The van der Waals surface area contributed by atoms with Crippen LogP contribution in [0.5, 0.6) is 5.88 Å². The van der Waals surface area contributed by atoms with E-state index in [4.69, 9.17) is 15.0 Å². The third kappa shape index (κ3) is 4.34. The summed E-state index contributed by atoms with van der Waals surface area (Å²) in [5.41, 5.74) is 3.27. The Morgan fingerprint density at radius 1 is 1.37 bits per heavy atom. The number of nitrogens with zero attached hydrogens (tertiary/aromatic N) is 4. The van der Waals surface area contributed by atoms with Crippen molar-refractivity contribution in [1.29, 1.82) is 5.26 Å². The summed E-state index contributed by atoms with van der Waals surface area (Å²) in [5.74, 6) is 2.02. The first kappa shape index (κ1) is 20.0. The third-order valence-corrected chi connectivity index (χ3v) is 5.85. The number of pyridine rings is 1. The highest BCUT2D eigenvalue weighted by atomic mass is 16.5. The number of carbonyl (C=O) groups is 1. The number of fused-ring (bicyclic) bond motifs is 1. The van der Waals surface area contributed by atoms with Gasteiger partial charge in [-0.3, -0.25) is 9.69 Å². The molecule has 1 aromatic carbocycles. The Hall–Kier alpha value is -3.24. The number of hydrogen-bond acceptors (Lipinski definition) is 6. The van der Waals surface area contributed by atoms with Gasteiger partial charge in [0.1, 0.15) is 11.6 Å². The van der Waals surface area contributed by atoms with Crippen molar-refractivity contribution >= 4 is 16.8 Å². The van der Waals surface area contributed by atoms with Crippen molar-refractivity contribution in [1.82, 2.24) is 19.9 Å². The number of nitriles is 1. The molecule has 4 rings (SSSR count). The number of methoxy groups -OCH3 is 1. The lowest BCUT2D eigenvalue weighted by Gasteiger charge is -2.35. The van der Waals surface area contributed by atoms with Crippen molar-refractivity contribution in [3.8, 4) is 11.9 Å². The normalized spacial score (nSPS) is 19.5. The average Bonchev–Trinajstić information content (AvgIpc) is 3.18. The number of piperidine rings is 1. The molecular formula is C23H25N5O2. The van der Waals surface area contributed by atoms with Crippen molar-refractivity contribution in [3.63, 3.8) is 0 Å². The zero-order valence-corrected chi connectivity index (χ0v) is 17.3. The van der Waals surface area contributed by atoms with Gasteiger partial charge in [-0.05, 0) is 56.1 Å². The number of Topliss-reactive ketones (excluding diaryl/α,β-unsaturated/α-hetero) is 1. The van der Waals surface area contributed by atoms with Crippen molar-refractivity contribution in [2.24, 2.45) is 5.92 Å². The molecule has 1 aliphatic rings. The quantitative estimate of drug-likeness (QED) is 0.678. The number of benzene rings is 1. The molecule has 0 radical (unpaired) electrons. The summed E-state index contributed by atoms with van der Waals surface area (Å²) in [6.07, 6.45) is 4.55. The minimum Gasteiger partial charge on any atom is -0.481 e. The van der Waals surface area contributed by atoms with E-state index in [2.05, 4.69) is 28.0 Å². The first-order valence-electron chi connectivity index (χ1n) is 10.2. The summed E-state index contributed by atoms with van der Waals surface area (Å²) in [4.78, 5) is 27.2. The molecule has 1 aliphatic heterocycles. The number of ketones is 1. The van der Waals surface area contributed by atoms with E-state index in [0.717, 1.165) is 41.8 Å². The molecule has 1 N–H and O–H groups in total. The van der Waals surface area contributed by atoms with E-state index in [9.17, 15) is 4.79 Å². The number of aromatic amines is 1. The topological polar surface area (TPSA) is 94.9 Å². The zero-order chi connectivity index (χ0) is 21.1. The van der Waals surface area contributed by atoms with E-state index in [-0.39, 0.29) is 11.8 Å². The second-order valence-electron chi connectivity index (χ2n) is 7.98. The number of hydrogen-bond donors (Lipinski definition) is 1. The molecule has 0 amide bonds. The highest BCUT2D eigenvalue weighted by molar-refractivity contribution is 5.81. The lowest BCUT2D eigenvalue weighted by molar-refractivity contribution is -0.119. The predicted octanol–water partition coefficient (Wildman–Crippen LogP) is 3.42. The standard InChI is InChI=1S/C23H25N5O2/c1-28-8-7-15(9-18(29)10-17-4-6-22(30-2)25-14-17)12-21(28)23-26-19-5-3-16(13-24)11-20(19)27-23/h3-6,11,14-15,21H,7-10,12H2,1-2H3,(H,26,27)/t15-,21+/m0/s1. The molecule has 0 unspecified atom stereocenters. The van der Waals surface area contributed by atoms with Crippen molar-refractivity contribution in [3.05, 3.63) is 53.5 Å². The van der Waals surface area contributed by atoms with Gasteiger partial charge in [-0.2, -0.15) is 5.26 Å². The Morgan fingerprint density at radius 3 is 2.97 bits per heavy atom. The second kappa shape index (κ2) is 8.64. The highest BCUT2D eigenvalue weighted by Crippen LogP contribution is 2.34. The van der Waals surface area contributed by atoms with Gasteiger partial charge in [-0.15, -0.1) is 0 Å². The lowest BCUT2D eigenvalue weighted by atomic mass is 9.86. The number of H-pyrrole nitrogens is 1. The van der Waals surface area contributed by atoms with Crippen LogP contribution in [0, 0.1) is 17.2 Å². The zero-order valence-electron chi connectivity index (χ0n) is 17.3. The van der Waals surface area contributed by atoms with E-state index >= 15 is 0 Å². The summed E-state index contributed by atoms with van der Waals surface area (Å²) < 4.78 is 5.07. The number of nitrogens with one attached hydrogen (secondary N) is 1.